The lowest BCUT2D eigenvalue weighted by Crippen LogP contribution is -2.42. The molecule has 0 saturated heterocycles. The number of hydrogen-bond acceptors (Lipinski definition) is 4. The van der Waals surface area contributed by atoms with E-state index in [2.05, 4.69) is 37.5 Å². The lowest BCUT2D eigenvalue weighted by Gasteiger charge is -2.25. The zero-order valence-electron chi connectivity index (χ0n) is 12.4. The predicted octanol–water partition coefficient (Wildman–Crippen LogP) is 3.89. The molecule has 2 rings (SSSR count). The maximum Gasteiger partial charge on any atom is 0.0954 e. The monoisotopic (exact) mass is 291 g/mol. The lowest BCUT2D eigenvalue weighted by atomic mass is 9.89. The minimum atomic E-state index is 0.329. The maximum atomic E-state index is 5.80. The molecule has 20 heavy (non-hydrogen) atoms. The van der Waals surface area contributed by atoms with E-state index in [9.17, 15) is 0 Å². The molecule has 3 N–H and O–H groups in total. The number of para-hydroxylation sites is 1. The average molecular weight is 291 g/mol. The Balaban J connectivity index is 2.11. The number of nitrogens with zero attached hydrogens (tertiary/aromatic N) is 1. The highest BCUT2D eigenvalue weighted by molar-refractivity contribution is 7.18. The molecule has 1 aromatic carbocycles. The van der Waals surface area contributed by atoms with Crippen molar-refractivity contribution in [2.45, 2.75) is 52.0 Å². The molecule has 0 saturated carbocycles. The van der Waals surface area contributed by atoms with Gasteiger partial charge in [-0.25, -0.2) is 4.98 Å². The van der Waals surface area contributed by atoms with Gasteiger partial charge in [0.25, 0.3) is 0 Å². The van der Waals surface area contributed by atoms with Gasteiger partial charge in [0.2, 0.25) is 0 Å². The van der Waals surface area contributed by atoms with E-state index in [0.29, 0.717) is 12.0 Å². The highest BCUT2D eigenvalue weighted by Gasteiger charge is 2.20. The molecule has 0 aliphatic carbocycles. The number of thiazole rings is 1. The number of aromatic nitrogens is 1. The Kier molecular flexibility index (Phi) is 5.95. The molecule has 0 amide bonds. The summed E-state index contributed by atoms with van der Waals surface area (Å²) in [6.07, 6.45) is 5.81. The second-order valence-corrected chi connectivity index (χ2v) is 6.51. The average Bonchev–Trinajstić information content (AvgIpc) is 2.87. The van der Waals surface area contributed by atoms with Crippen LogP contribution in [-0.4, -0.2) is 11.0 Å². The van der Waals surface area contributed by atoms with Gasteiger partial charge in [0, 0.05) is 12.5 Å². The summed E-state index contributed by atoms with van der Waals surface area (Å²) in [6.45, 7) is 4.49. The third-order valence-corrected chi connectivity index (χ3v) is 4.89. The van der Waals surface area contributed by atoms with Gasteiger partial charge in [-0.1, -0.05) is 38.8 Å². The molecule has 110 valence electrons. The van der Waals surface area contributed by atoms with E-state index in [0.717, 1.165) is 11.9 Å². The van der Waals surface area contributed by atoms with Crippen LogP contribution in [0.4, 0.5) is 0 Å². The summed E-state index contributed by atoms with van der Waals surface area (Å²) in [5.74, 6) is 6.44. The van der Waals surface area contributed by atoms with Crippen molar-refractivity contribution in [3.63, 3.8) is 0 Å². The molecule has 4 heteroatoms. The van der Waals surface area contributed by atoms with Crippen LogP contribution in [0.5, 0.6) is 0 Å². The first-order valence-corrected chi connectivity index (χ1v) is 8.40. The van der Waals surface area contributed by atoms with Crippen molar-refractivity contribution in [1.82, 2.24) is 10.4 Å². The van der Waals surface area contributed by atoms with E-state index >= 15 is 0 Å². The molecule has 0 spiro atoms. The Hall–Kier alpha value is -0.970. The van der Waals surface area contributed by atoms with Gasteiger partial charge in [-0.15, -0.1) is 11.3 Å². The van der Waals surface area contributed by atoms with E-state index in [-0.39, 0.29) is 0 Å². The smallest absolute Gasteiger partial charge is 0.0954 e. The Labute approximate surface area is 125 Å². The third-order valence-electron chi connectivity index (χ3n) is 3.83. The van der Waals surface area contributed by atoms with Crippen molar-refractivity contribution in [3.05, 3.63) is 29.3 Å². The van der Waals surface area contributed by atoms with E-state index in [1.807, 2.05) is 6.07 Å². The summed E-state index contributed by atoms with van der Waals surface area (Å²) in [4.78, 5) is 4.73. The van der Waals surface area contributed by atoms with Gasteiger partial charge < -0.3 is 0 Å². The Morgan fingerprint density at radius 3 is 2.50 bits per heavy atom. The summed E-state index contributed by atoms with van der Waals surface area (Å²) in [7, 11) is 0. The van der Waals surface area contributed by atoms with Gasteiger partial charge in [0.15, 0.2) is 0 Å². The molecule has 3 nitrogen and oxygen atoms in total. The molecular formula is C16H25N3S. The van der Waals surface area contributed by atoms with E-state index in [1.165, 1.54) is 35.4 Å². The van der Waals surface area contributed by atoms with Crippen LogP contribution in [0.25, 0.3) is 10.2 Å². The number of fused-ring (bicyclic) bond motifs is 1. The number of nitrogens with two attached hydrogens (primary N) is 1. The van der Waals surface area contributed by atoms with E-state index in [1.54, 1.807) is 11.3 Å². The zero-order chi connectivity index (χ0) is 14.4. The molecule has 0 aliphatic rings. The topological polar surface area (TPSA) is 50.9 Å². The maximum absolute atomic E-state index is 5.80. The molecule has 0 aliphatic heterocycles. The van der Waals surface area contributed by atoms with Crippen LogP contribution < -0.4 is 11.3 Å². The molecular weight excluding hydrogens is 266 g/mol. The van der Waals surface area contributed by atoms with Crippen LogP contribution in [-0.2, 0) is 6.42 Å². The second kappa shape index (κ2) is 7.72. The molecule has 0 fully saturated rings. The van der Waals surface area contributed by atoms with E-state index < -0.39 is 0 Å². The Bertz CT molecular complexity index is 484. The van der Waals surface area contributed by atoms with Gasteiger partial charge >= 0.3 is 0 Å². The number of hydrogen-bond donors (Lipinski definition) is 2. The quantitative estimate of drug-likeness (QED) is 0.573. The van der Waals surface area contributed by atoms with Gasteiger partial charge in [0.05, 0.1) is 15.2 Å². The fourth-order valence-electron chi connectivity index (χ4n) is 2.85. The van der Waals surface area contributed by atoms with Crippen LogP contribution in [0.15, 0.2) is 24.3 Å². The predicted molar refractivity (Wildman–Crippen MR) is 87.7 cm³/mol. The summed E-state index contributed by atoms with van der Waals surface area (Å²) in [5.41, 5.74) is 4.13. The molecule has 1 unspecified atom stereocenters. The van der Waals surface area contributed by atoms with Crippen LogP contribution in [0.1, 0.15) is 44.5 Å². The summed E-state index contributed by atoms with van der Waals surface area (Å²) >= 11 is 1.79. The minimum absolute atomic E-state index is 0.329. The fraction of sp³-hybridized carbons (Fsp3) is 0.562. The van der Waals surface area contributed by atoms with Crippen molar-refractivity contribution in [2.24, 2.45) is 11.8 Å². The normalized spacial score (nSPS) is 13.2. The van der Waals surface area contributed by atoms with Crippen LogP contribution >= 0.6 is 11.3 Å². The van der Waals surface area contributed by atoms with Gasteiger partial charge in [-0.3, -0.25) is 11.3 Å². The first-order valence-electron chi connectivity index (χ1n) is 7.59. The Morgan fingerprint density at radius 1 is 1.20 bits per heavy atom. The molecule has 1 aromatic heterocycles. The van der Waals surface area contributed by atoms with Gasteiger partial charge in [-0.2, -0.15) is 0 Å². The lowest BCUT2D eigenvalue weighted by molar-refractivity contribution is 0.311. The molecule has 2 aromatic rings. The highest BCUT2D eigenvalue weighted by Crippen LogP contribution is 2.26. The van der Waals surface area contributed by atoms with Crippen molar-refractivity contribution in [3.8, 4) is 0 Å². The SMILES string of the molecule is CCCC(CCC)C(Cc1nc2ccccc2s1)NN. The first kappa shape index (κ1) is 15.4. The van der Waals surface area contributed by atoms with Crippen molar-refractivity contribution >= 4 is 21.6 Å². The highest BCUT2D eigenvalue weighted by atomic mass is 32.1. The number of nitrogens with one attached hydrogen (secondary N) is 1. The van der Waals surface area contributed by atoms with Crippen molar-refractivity contribution in [1.29, 1.82) is 0 Å². The van der Waals surface area contributed by atoms with Gasteiger partial charge in [0.1, 0.15) is 0 Å². The standard InChI is InChI=1S/C16H25N3S/c1-3-7-12(8-4-2)14(19-17)11-16-18-13-9-5-6-10-15(13)20-16/h5-6,9-10,12,14,19H,3-4,7-8,11,17H2,1-2H3. The third kappa shape index (κ3) is 3.78. The van der Waals surface area contributed by atoms with Gasteiger partial charge in [-0.05, 0) is 30.9 Å². The minimum Gasteiger partial charge on any atom is -0.271 e. The summed E-state index contributed by atoms with van der Waals surface area (Å²) in [5, 5.41) is 1.19. The summed E-state index contributed by atoms with van der Waals surface area (Å²) in [6, 6.07) is 8.66. The zero-order valence-corrected chi connectivity index (χ0v) is 13.2. The number of rotatable bonds is 8. The van der Waals surface area contributed by atoms with E-state index in [4.69, 9.17) is 10.8 Å². The molecule has 1 atom stereocenters. The van der Waals surface area contributed by atoms with Crippen LogP contribution in [0.3, 0.4) is 0 Å². The largest absolute Gasteiger partial charge is 0.271 e. The number of hydrazine groups is 1. The van der Waals surface area contributed by atoms with Crippen LogP contribution in [0.2, 0.25) is 0 Å². The Morgan fingerprint density at radius 2 is 1.90 bits per heavy atom. The van der Waals surface area contributed by atoms with Crippen molar-refractivity contribution < 1.29 is 0 Å². The second-order valence-electron chi connectivity index (χ2n) is 5.39. The number of benzene rings is 1. The molecule has 1 heterocycles. The van der Waals surface area contributed by atoms with Crippen LogP contribution in [0, 0.1) is 5.92 Å². The molecule has 0 bridgehead atoms. The fourth-order valence-corrected chi connectivity index (χ4v) is 3.87. The van der Waals surface area contributed by atoms with Crippen molar-refractivity contribution in [2.75, 3.05) is 0 Å². The summed E-state index contributed by atoms with van der Waals surface area (Å²) < 4.78 is 1.26. The molecule has 0 radical (unpaired) electrons. The first-order chi connectivity index (χ1) is 9.78.